The van der Waals surface area contributed by atoms with Gasteiger partial charge in [-0.2, -0.15) is 12.2 Å². The largest absolute Gasteiger partial charge is 2.00 e. The van der Waals surface area contributed by atoms with Crippen LogP contribution in [0.4, 0.5) is 0 Å². The van der Waals surface area contributed by atoms with Crippen LogP contribution >= 0.6 is 0 Å². The van der Waals surface area contributed by atoms with Crippen molar-refractivity contribution in [2.75, 3.05) is 7.11 Å². The average Bonchev–Trinajstić information content (AvgIpc) is 2.87. The van der Waals surface area contributed by atoms with Crippen molar-refractivity contribution >= 4 is 0 Å². The molecule has 0 bridgehead atoms. The molecule has 0 heterocycles. The van der Waals surface area contributed by atoms with Crippen molar-refractivity contribution < 1.29 is 22.2 Å². The molecule has 0 aromatic carbocycles. The predicted molar refractivity (Wildman–Crippen MR) is 51.3 cm³/mol. The van der Waals surface area contributed by atoms with Gasteiger partial charge in [-0.15, -0.1) is 12.8 Å². The molecule has 0 saturated heterocycles. The zero-order valence-electron chi connectivity index (χ0n) is 7.68. The maximum atomic E-state index is 7.00. The fourth-order valence-electron chi connectivity index (χ4n) is 0.680. The van der Waals surface area contributed by atoms with Crippen LogP contribution in [0.15, 0.2) is 36.5 Å². The van der Waals surface area contributed by atoms with Crippen LogP contribution in [0.5, 0.6) is 0 Å². The van der Waals surface area contributed by atoms with E-state index in [4.69, 9.17) is 5.11 Å². The smallest absolute Gasteiger partial charge is 0.400 e. The van der Waals surface area contributed by atoms with Crippen molar-refractivity contribution in [3.63, 3.8) is 0 Å². The molecule has 72 valence electrons. The molecule has 13 heavy (non-hydrogen) atoms. The molecule has 0 aliphatic heterocycles. The van der Waals surface area contributed by atoms with E-state index in [1.807, 2.05) is 24.3 Å². The number of rotatable bonds is 0. The minimum absolute atomic E-state index is 0. The molecule has 2 aliphatic carbocycles. The maximum absolute atomic E-state index is 7.00. The second-order valence-electron chi connectivity index (χ2n) is 2.01. The molecule has 2 heteroatoms. The Hall–Kier alpha value is -0.561. The summed E-state index contributed by atoms with van der Waals surface area (Å²) in [6.07, 6.45) is 20.0. The molecule has 0 aromatic heterocycles. The van der Waals surface area contributed by atoms with Crippen LogP contribution in [0, 0.1) is 12.2 Å². The summed E-state index contributed by atoms with van der Waals surface area (Å²) in [6, 6.07) is 0. The van der Waals surface area contributed by atoms with Gasteiger partial charge >= 0.3 is 17.1 Å². The SMILES string of the molecule is CO.[C-]1=CC=CC1.[C-]1=CC=CC1.[Fe+2]. The Bertz CT molecular complexity index is 148. The first-order valence-electron chi connectivity index (χ1n) is 3.88. The second kappa shape index (κ2) is 14.0. The summed E-state index contributed by atoms with van der Waals surface area (Å²) < 4.78 is 0. The number of aliphatic hydroxyl groups excluding tert-OH is 1. The molecule has 2 aliphatic rings. The third-order valence-corrected chi connectivity index (χ3v) is 1.17. The zero-order valence-corrected chi connectivity index (χ0v) is 8.78. The standard InChI is InChI=1S/2C5H5.CH4O.Fe/c2*1-2-4-5-3-1;1-2;/h2*1-3H,4H2;2H,1H3;/q2*-1;;+2. The van der Waals surface area contributed by atoms with Crippen molar-refractivity contribution in [2.24, 2.45) is 0 Å². The predicted octanol–water partition coefficient (Wildman–Crippen LogP) is 2.22. The second-order valence-corrected chi connectivity index (χ2v) is 2.01. The van der Waals surface area contributed by atoms with Crippen molar-refractivity contribution in [3.05, 3.63) is 48.6 Å². The summed E-state index contributed by atoms with van der Waals surface area (Å²) in [6.45, 7) is 0. The van der Waals surface area contributed by atoms with E-state index in [0.717, 1.165) is 20.0 Å². The Balaban J connectivity index is 0. The van der Waals surface area contributed by atoms with Gasteiger partial charge in [0.15, 0.2) is 0 Å². The fourth-order valence-corrected chi connectivity index (χ4v) is 0.680. The normalized spacial score (nSPS) is 14.0. The molecule has 0 spiro atoms. The van der Waals surface area contributed by atoms with Gasteiger partial charge < -0.3 is 5.11 Å². The summed E-state index contributed by atoms with van der Waals surface area (Å²) in [5.41, 5.74) is 0. The van der Waals surface area contributed by atoms with Crippen LogP contribution in [-0.2, 0) is 17.1 Å². The average molecular weight is 218 g/mol. The van der Waals surface area contributed by atoms with Gasteiger partial charge in [0.2, 0.25) is 0 Å². The van der Waals surface area contributed by atoms with Gasteiger partial charge in [-0.25, -0.2) is 24.3 Å². The van der Waals surface area contributed by atoms with Gasteiger partial charge in [-0.3, -0.25) is 12.2 Å². The minimum Gasteiger partial charge on any atom is -0.400 e. The molecule has 1 nitrogen and oxygen atoms in total. The van der Waals surface area contributed by atoms with Gasteiger partial charge in [0, 0.05) is 7.11 Å². The van der Waals surface area contributed by atoms with Gasteiger partial charge in [0.05, 0.1) is 0 Å². The van der Waals surface area contributed by atoms with Crippen LogP contribution in [0.2, 0.25) is 0 Å². The van der Waals surface area contributed by atoms with E-state index in [0.29, 0.717) is 0 Å². The van der Waals surface area contributed by atoms with Gasteiger partial charge in [0.25, 0.3) is 0 Å². The number of allylic oxidation sites excluding steroid dienone is 8. The Kier molecular flexibility index (Phi) is 16.1. The molecule has 2 rings (SSSR count). The molecule has 0 amide bonds. The van der Waals surface area contributed by atoms with E-state index in [-0.39, 0.29) is 17.1 Å². The van der Waals surface area contributed by atoms with Gasteiger partial charge in [-0.05, 0) is 0 Å². The summed E-state index contributed by atoms with van der Waals surface area (Å²) in [4.78, 5) is 0. The van der Waals surface area contributed by atoms with Crippen molar-refractivity contribution in [1.29, 1.82) is 0 Å². The summed E-state index contributed by atoms with van der Waals surface area (Å²) in [5, 5.41) is 7.00. The summed E-state index contributed by atoms with van der Waals surface area (Å²) >= 11 is 0. The monoisotopic (exact) mass is 218 g/mol. The van der Waals surface area contributed by atoms with E-state index in [1.165, 1.54) is 0 Å². The third kappa shape index (κ3) is 11.4. The molecule has 0 radical (unpaired) electrons. The molecule has 0 fully saturated rings. The van der Waals surface area contributed by atoms with E-state index < -0.39 is 0 Å². The van der Waals surface area contributed by atoms with Crippen LogP contribution in [0.1, 0.15) is 12.8 Å². The Labute approximate surface area is 91.0 Å². The molecular formula is C11H14FeO. The molecule has 1 N–H and O–H groups in total. The number of aliphatic hydroxyl groups is 1. The Morgan fingerprint density at radius 3 is 1.38 bits per heavy atom. The number of hydrogen-bond acceptors (Lipinski definition) is 1. The van der Waals surface area contributed by atoms with Crippen molar-refractivity contribution in [3.8, 4) is 0 Å². The minimum atomic E-state index is 0. The third-order valence-electron chi connectivity index (χ3n) is 1.17. The van der Waals surface area contributed by atoms with Crippen molar-refractivity contribution in [2.45, 2.75) is 12.8 Å². The first-order chi connectivity index (χ1) is 6.00. The molecule has 0 aromatic rings. The van der Waals surface area contributed by atoms with Gasteiger partial charge in [0.1, 0.15) is 0 Å². The molecule has 0 unspecified atom stereocenters. The van der Waals surface area contributed by atoms with Crippen LogP contribution in [0.3, 0.4) is 0 Å². The topological polar surface area (TPSA) is 20.2 Å². The fraction of sp³-hybridized carbons (Fsp3) is 0.273. The quantitative estimate of drug-likeness (QED) is 0.488. The summed E-state index contributed by atoms with van der Waals surface area (Å²) in [5.74, 6) is 0. The van der Waals surface area contributed by atoms with Crippen LogP contribution in [0.25, 0.3) is 0 Å². The zero-order chi connectivity index (χ0) is 9.07. The first-order valence-corrected chi connectivity index (χ1v) is 3.88. The number of hydrogen-bond donors (Lipinski definition) is 1. The van der Waals surface area contributed by atoms with Crippen LogP contribution in [-0.4, -0.2) is 12.2 Å². The molecule has 0 saturated carbocycles. The van der Waals surface area contributed by atoms with Gasteiger partial charge in [-0.1, -0.05) is 0 Å². The molecule has 0 atom stereocenters. The van der Waals surface area contributed by atoms with Crippen molar-refractivity contribution in [1.82, 2.24) is 0 Å². The Morgan fingerprint density at radius 2 is 1.31 bits per heavy atom. The first kappa shape index (κ1) is 14.9. The molecular weight excluding hydrogens is 204 g/mol. The van der Waals surface area contributed by atoms with E-state index >= 15 is 0 Å². The van der Waals surface area contributed by atoms with E-state index in [9.17, 15) is 0 Å². The summed E-state index contributed by atoms with van der Waals surface area (Å²) in [7, 11) is 1.00. The maximum Gasteiger partial charge on any atom is 2.00 e. The Morgan fingerprint density at radius 1 is 0.923 bits per heavy atom. The van der Waals surface area contributed by atoms with Crippen LogP contribution < -0.4 is 0 Å². The van der Waals surface area contributed by atoms with E-state index in [2.05, 4.69) is 24.3 Å². The van der Waals surface area contributed by atoms with E-state index in [1.54, 1.807) is 0 Å².